The molecule has 0 aromatic carbocycles. The third kappa shape index (κ3) is 3.26. The van der Waals surface area contributed by atoms with Gasteiger partial charge < -0.3 is 14.8 Å². The lowest BCUT2D eigenvalue weighted by Gasteiger charge is -2.20. The molecule has 2 atom stereocenters. The minimum absolute atomic E-state index is 0.108. The SMILES string of the molecule is CCOc1nc(C)ccc1C(=O)N[C@H]1CCO[C@@H]1c1ccnn1C. The second-order valence-corrected chi connectivity index (χ2v) is 5.78. The molecular formula is C17H22N4O3. The molecule has 3 rings (SSSR count). The van der Waals surface area contributed by atoms with Gasteiger partial charge in [-0.2, -0.15) is 5.10 Å². The number of aryl methyl sites for hydroxylation is 2. The third-order valence-electron chi connectivity index (χ3n) is 4.08. The number of carbonyl (C=O) groups is 1. The van der Waals surface area contributed by atoms with Crippen LogP contribution in [0.3, 0.4) is 0 Å². The van der Waals surface area contributed by atoms with Gasteiger partial charge in [-0.15, -0.1) is 0 Å². The van der Waals surface area contributed by atoms with Gasteiger partial charge >= 0.3 is 0 Å². The predicted molar refractivity (Wildman–Crippen MR) is 87.9 cm³/mol. The van der Waals surface area contributed by atoms with Crippen LogP contribution in [-0.2, 0) is 11.8 Å². The average Bonchev–Trinajstić information content (AvgIpc) is 3.16. The Morgan fingerprint density at radius 3 is 3.00 bits per heavy atom. The summed E-state index contributed by atoms with van der Waals surface area (Å²) in [5.41, 5.74) is 2.20. The van der Waals surface area contributed by atoms with Gasteiger partial charge in [-0.05, 0) is 38.5 Å². The van der Waals surface area contributed by atoms with Gasteiger partial charge in [0.2, 0.25) is 5.88 Å². The molecule has 0 radical (unpaired) electrons. The van der Waals surface area contributed by atoms with E-state index in [0.29, 0.717) is 24.7 Å². The molecule has 2 aromatic heterocycles. The van der Waals surface area contributed by atoms with E-state index in [1.165, 1.54) is 0 Å². The van der Waals surface area contributed by atoms with E-state index in [-0.39, 0.29) is 18.1 Å². The highest BCUT2D eigenvalue weighted by atomic mass is 16.5. The van der Waals surface area contributed by atoms with Crippen molar-refractivity contribution in [3.05, 3.63) is 41.3 Å². The van der Waals surface area contributed by atoms with Crippen molar-refractivity contribution in [1.82, 2.24) is 20.1 Å². The molecule has 1 N–H and O–H groups in total. The van der Waals surface area contributed by atoms with Gasteiger partial charge in [0.05, 0.1) is 18.3 Å². The summed E-state index contributed by atoms with van der Waals surface area (Å²) >= 11 is 0. The number of pyridine rings is 1. The number of ether oxygens (including phenoxy) is 2. The average molecular weight is 330 g/mol. The first-order chi connectivity index (χ1) is 11.6. The van der Waals surface area contributed by atoms with Gasteiger partial charge in [0.15, 0.2) is 0 Å². The molecule has 7 nitrogen and oxygen atoms in total. The molecule has 7 heteroatoms. The van der Waals surface area contributed by atoms with Crippen LogP contribution in [-0.4, -0.2) is 39.9 Å². The summed E-state index contributed by atoms with van der Waals surface area (Å²) in [6.07, 6.45) is 2.29. The van der Waals surface area contributed by atoms with Crippen LogP contribution < -0.4 is 10.1 Å². The largest absolute Gasteiger partial charge is 0.477 e. The molecule has 0 saturated carbocycles. The number of rotatable bonds is 5. The summed E-state index contributed by atoms with van der Waals surface area (Å²) in [7, 11) is 1.87. The van der Waals surface area contributed by atoms with Crippen LogP contribution in [0.25, 0.3) is 0 Å². The first-order valence-electron chi connectivity index (χ1n) is 8.11. The minimum atomic E-state index is -0.200. The Balaban J connectivity index is 1.78. The van der Waals surface area contributed by atoms with Gasteiger partial charge in [0.25, 0.3) is 5.91 Å². The van der Waals surface area contributed by atoms with E-state index >= 15 is 0 Å². The first-order valence-corrected chi connectivity index (χ1v) is 8.11. The van der Waals surface area contributed by atoms with Crippen molar-refractivity contribution in [2.24, 2.45) is 7.05 Å². The van der Waals surface area contributed by atoms with Crippen LogP contribution in [0.4, 0.5) is 0 Å². The van der Waals surface area contributed by atoms with Gasteiger partial charge in [0, 0.05) is 25.5 Å². The molecule has 1 saturated heterocycles. The maximum Gasteiger partial charge on any atom is 0.257 e. The van der Waals surface area contributed by atoms with Crippen LogP contribution in [0.5, 0.6) is 5.88 Å². The zero-order valence-corrected chi connectivity index (χ0v) is 14.2. The summed E-state index contributed by atoms with van der Waals surface area (Å²) in [4.78, 5) is 17.0. The summed E-state index contributed by atoms with van der Waals surface area (Å²) in [6.45, 7) is 4.80. The monoisotopic (exact) mass is 330 g/mol. The highest BCUT2D eigenvalue weighted by molar-refractivity contribution is 5.96. The van der Waals surface area contributed by atoms with E-state index in [0.717, 1.165) is 17.8 Å². The Kier molecular flexibility index (Phi) is 4.80. The van der Waals surface area contributed by atoms with E-state index in [2.05, 4.69) is 15.4 Å². The fourth-order valence-electron chi connectivity index (χ4n) is 2.89. The highest BCUT2D eigenvalue weighted by Crippen LogP contribution is 2.29. The molecule has 0 unspecified atom stereocenters. The summed E-state index contributed by atoms with van der Waals surface area (Å²) in [6, 6.07) is 5.36. The molecule has 24 heavy (non-hydrogen) atoms. The fourth-order valence-corrected chi connectivity index (χ4v) is 2.89. The quantitative estimate of drug-likeness (QED) is 0.904. The van der Waals surface area contributed by atoms with Crippen molar-refractivity contribution in [3.8, 4) is 5.88 Å². The lowest BCUT2D eigenvalue weighted by atomic mass is 10.1. The Morgan fingerprint density at radius 1 is 1.46 bits per heavy atom. The third-order valence-corrected chi connectivity index (χ3v) is 4.08. The number of nitrogens with one attached hydrogen (secondary N) is 1. The number of amides is 1. The van der Waals surface area contributed by atoms with Crippen molar-refractivity contribution in [2.45, 2.75) is 32.4 Å². The second kappa shape index (κ2) is 7.00. The molecule has 3 heterocycles. The second-order valence-electron chi connectivity index (χ2n) is 5.78. The molecule has 128 valence electrons. The van der Waals surface area contributed by atoms with Gasteiger partial charge in [0.1, 0.15) is 11.7 Å². The van der Waals surface area contributed by atoms with Crippen molar-refractivity contribution in [1.29, 1.82) is 0 Å². The Labute approximate surface area is 141 Å². The fraction of sp³-hybridized carbons (Fsp3) is 0.471. The highest BCUT2D eigenvalue weighted by Gasteiger charge is 2.33. The van der Waals surface area contributed by atoms with E-state index in [1.54, 1.807) is 23.0 Å². The maximum absolute atomic E-state index is 12.7. The van der Waals surface area contributed by atoms with E-state index in [1.807, 2.05) is 27.0 Å². The van der Waals surface area contributed by atoms with Crippen molar-refractivity contribution in [3.63, 3.8) is 0 Å². The van der Waals surface area contributed by atoms with Crippen LogP contribution in [0.15, 0.2) is 24.4 Å². The number of hydrogen-bond donors (Lipinski definition) is 1. The van der Waals surface area contributed by atoms with E-state index in [9.17, 15) is 4.79 Å². The molecule has 1 aliphatic rings. The summed E-state index contributed by atoms with van der Waals surface area (Å²) in [5, 5.41) is 7.23. The molecule has 1 amide bonds. The van der Waals surface area contributed by atoms with E-state index < -0.39 is 0 Å². The van der Waals surface area contributed by atoms with Crippen LogP contribution in [0.2, 0.25) is 0 Å². The summed E-state index contributed by atoms with van der Waals surface area (Å²) in [5.74, 6) is 0.166. The normalized spacial score (nSPS) is 20.1. The number of aromatic nitrogens is 3. The lowest BCUT2D eigenvalue weighted by Crippen LogP contribution is -2.37. The number of hydrogen-bond acceptors (Lipinski definition) is 5. The van der Waals surface area contributed by atoms with Crippen molar-refractivity contribution >= 4 is 5.91 Å². The van der Waals surface area contributed by atoms with Gasteiger partial charge in [-0.1, -0.05) is 0 Å². The van der Waals surface area contributed by atoms with E-state index in [4.69, 9.17) is 9.47 Å². The molecule has 2 aromatic rings. The molecule has 0 spiro atoms. The van der Waals surface area contributed by atoms with Gasteiger partial charge in [-0.3, -0.25) is 9.48 Å². The predicted octanol–water partition coefficient (Wildman–Crippen LogP) is 1.78. The minimum Gasteiger partial charge on any atom is -0.477 e. The van der Waals surface area contributed by atoms with Crippen LogP contribution in [0.1, 0.15) is 41.2 Å². The maximum atomic E-state index is 12.7. The first kappa shape index (κ1) is 16.4. The smallest absolute Gasteiger partial charge is 0.257 e. The van der Waals surface area contributed by atoms with Gasteiger partial charge in [-0.25, -0.2) is 4.98 Å². The zero-order valence-electron chi connectivity index (χ0n) is 14.2. The molecule has 0 aliphatic carbocycles. The number of nitrogens with zero attached hydrogens (tertiary/aromatic N) is 3. The topological polar surface area (TPSA) is 78.3 Å². The lowest BCUT2D eigenvalue weighted by molar-refractivity contribution is 0.0789. The Bertz CT molecular complexity index is 728. The molecule has 0 bridgehead atoms. The summed E-state index contributed by atoms with van der Waals surface area (Å²) < 4.78 is 13.1. The molecule has 1 aliphatic heterocycles. The standard InChI is InChI=1S/C17H22N4O3/c1-4-23-17-12(6-5-11(2)19-17)16(22)20-13-8-10-24-15(13)14-7-9-18-21(14)3/h5-7,9,13,15H,4,8,10H2,1-3H3,(H,20,22)/t13-,15-/m0/s1. The number of carbonyl (C=O) groups excluding carboxylic acids is 1. The Hall–Kier alpha value is -2.41. The van der Waals surface area contributed by atoms with Crippen LogP contribution in [0, 0.1) is 6.92 Å². The Morgan fingerprint density at radius 2 is 2.29 bits per heavy atom. The molecular weight excluding hydrogens is 308 g/mol. The van der Waals surface area contributed by atoms with Crippen LogP contribution >= 0.6 is 0 Å². The van der Waals surface area contributed by atoms with Crippen molar-refractivity contribution < 1.29 is 14.3 Å². The zero-order chi connectivity index (χ0) is 17.1. The molecule has 1 fully saturated rings. The van der Waals surface area contributed by atoms with Crippen molar-refractivity contribution in [2.75, 3.05) is 13.2 Å².